The van der Waals surface area contributed by atoms with E-state index in [9.17, 15) is 9.59 Å². The molecule has 1 aliphatic heterocycles. The maximum atomic E-state index is 12.2. The third kappa shape index (κ3) is 4.10. The van der Waals surface area contributed by atoms with E-state index in [1.807, 2.05) is 31.2 Å². The molecule has 3 rings (SSSR count). The van der Waals surface area contributed by atoms with Crippen LogP contribution >= 0.6 is 11.3 Å². The minimum Gasteiger partial charge on any atom is -0.466 e. The summed E-state index contributed by atoms with van der Waals surface area (Å²) in [5.41, 5.74) is 0.896. The Morgan fingerprint density at radius 1 is 1.33 bits per heavy atom. The second-order valence-electron chi connectivity index (χ2n) is 5.84. The summed E-state index contributed by atoms with van der Waals surface area (Å²) in [6.07, 6.45) is 1.49. The summed E-state index contributed by atoms with van der Waals surface area (Å²) in [4.78, 5) is 30.4. The molecule has 0 radical (unpaired) electrons. The second kappa shape index (κ2) is 7.72. The Labute approximate surface area is 144 Å². The summed E-state index contributed by atoms with van der Waals surface area (Å²) < 4.78 is 6.12. The Kier molecular flexibility index (Phi) is 5.42. The van der Waals surface area contributed by atoms with Gasteiger partial charge in [0.15, 0.2) is 5.13 Å². The molecule has 6 nitrogen and oxygen atoms in total. The highest BCUT2D eigenvalue weighted by Gasteiger charge is 2.26. The molecule has 1 amide bonds. The molecule has 0 atom stereocenters. The molecule has 0 bridgehead atoms. The SMILES string of the molecule is CCOC(=O)C1CCN(CC(=O)Nc2nc3ccccc3s2)CC1. The normalized spacial score (nSPS) is 16.2. The predicted octanol–water partition coefficient (Wildman–Crippen LogP) is 2.51. The molecule has 1 saturated heterocycles. The van der Waals surface area contributed by atoms with Gasteiger partial charge in [0.05, 0.1) is 29.3 Å². The molecule has 2 aromatic rings. The monoisotopic (exact) mass is 347 g/mol. The van der Waals surface area contributed by atoms with Crippen molar-refractivity contribution < 1.29 is 14.3 Å². The average molecular weight is 347 g/mol. The Hall–Kier alpha value is -1.99. The van der Waals surface area contributed by atoms with Crippen LogP contribution in [0.5, 0.6) is 0 Å². The topological polar surface area (TPSA) is 71.5 Å². The minimum atomic E-state index is -0.115. The molecule has 0 aliphatic carbocycles. The van der Waals surface area contributed by atoms with Gasteiger partial charge >= 0.3 is 5.97 Å². The van der Waals surface area contributed by atoms with Gasteiger partial charge in [-0.2, -0.15) is 0 Å². The fourth-order valence-electron chi connectivity index (χ4n) is 2.87. The number of amides is 1. The predicted molar refractivity (Wildman–Crippen MR) is 94.0 cm³/mol. The number of piperidine rings is 1. The summed E-state index contributed by atoms with van der Waals surface area (Å²) in [6, 6.07) is 7.81. The number of aromatic nitrogens is 1. The molecule has 7 heteroatoms. The van der Waals surface area contributed by atoms with Gasteiger partial charge in [-0.05, 0) is 45.0 Å². The summed E-state index contributed by atoms with van der Waals surface area (Å²) in [7, 11) is 0. The molecule has 0 saturated carbocycles. The summed E-state index contributed by atoms with van der Waals surface area (Å²) >= 11 is 1.47. The van der Waals surface area contributed by atoms with E-state index in [4.69, 9.17) is 4.74 Å². The molecule has 24 heavy (non-hydrogen) atoms. The third-order valence-electron chi connectivity index (χ3n) is 4.11. The first kappa shape index (κ1) is 16.9. The standard InChI is InChI=1S/C17H21N3O3S/c1-2-23-16(22)12-7-9-20(10-8-12)11-15(21)19-17-18-13-5-3-4-6-14(13)24-17/h3-6,12H,2,7-11H2,1H3,(H,18,19,21). The number of benzene rings is 1. The van der Waals surface area contributed by atoms with Gasteiger partial charge in [0.2, 0.25) is 5.91 Å². The summed E-state index contributed by atoms with van der Waals surface area (Å²) in [5, 5.41) is 3.50. The van der Waals surface area contributed by atoms with Crippen LogP contribution in [0.2, 0.25) is 0 Å². The van der Waals surface area contributed by atoms with Gasteiger partial charge in [-0.1, -0.05) is 23.5 Å². The first-order chi connectivity index (χ1) is 11.7. The number of carbonyl (C=O) groups is 2. The number of anilines is 1. The van der Waals surface area contributed by atoms with Gasteiger partial charge in [-0.3, -0.25) is 14.5 Å². The van der Waals surface area contributed by atoms with Crippen LogP contribution in [0.3, 0.4) is 0 Å². The van der Waals surface area contributed by atoms with Gasteiger partial charge < -0.3 is 10.1 Å². The lowest BCUT2D eigenvalue weighted by molar-refractivity contribution is -0.149. The number of hydrogen-bond acceptors (Lipinski definition) is 6. The molecule has 1 N–H and O–H groups in total. The van der Waals surface area contributed by atoms with Crippen molar-refractivity contribution in [2.75, 3.05) is 31.6 Å². The molecule has 1 fully saturated rings. The molecule has 1 aromatic carbocycles. The summed E-state index contributed by atoms with van der Waals surface area (Å²) in [6.45, 7) is 4.03. The van der Waals surface area contributed by atoms with Crippen LogP contribution in [0.25, 0.3) is 10.2 Å². The van der Waals surface area contributed by atoms with Crippen LogP contribution in [0.1, 0.15) is 19.8 Å². The minimum absolute atomic E-state index is 0.0338. The number of thiazole rings is 1. The van der Waals surface area contributed by atoms with Crippen molar-refractivity contribution in [3.8, 4) is 0 Å². The van der Waals surface area contributed by atoms with Crippen molar-refractivity contribution in [1.82, 2.24) is 9.88 Å². The molecule has 128 valence electrons. The van der Waals surface area contributed by atoms with Gasteiger partial charge in [0.1, 0.15) is 0 Å². The Morgan fingerprint density at radius 2 is 2.08 bits per heavy atom. The number of ether oxygens (including phenoxy) is 1. The van der Waals surface area contributed by atoms with E-state index in [1.54, 1.807) is 0 Å². The molecule has 2 heterocycles. The first-order valence-corrected chi connectivity index (χ1v) is 9.01. The number of nitrogens with zero attached hydrogens (tertiary/aromatic N) is 2. The number of likely N-dealkylation sites (tertiary alicyclic amines) is 1. The summed E-state index contributed by atoms with van der Waals surface area (Å²) in [5.74, 6) is -0.215. The maximum Gasteiger partial charge on any atom is 0.309 e. The second-order valence-corrected chi connectivity index (χ2v) is 6.87. The zero-order valence-corrected chi connectivity index (χ0v) is 14.5. The van der Waals surface area contributed by atoms with Crippen molar-refractivity contribution in [2.45, 2.75) is 19.8 Å². The smallest absolute Gasteiger partial charge is 0.309 e. The molecule has 1 aliphatic rings. The van der Waals surface area contributed by atoms with E-state index in [0.717, 1.165) is 36.1 Å². The third-order valence-corrected chi connectivity index (χ3v) is 5.07. The van der Waals surface area contributed by atoms with Crippen LogP contribution in [-0.2, 0) is 14.3 Å². The van der Waals surface area contributed by atoms with Crippen molar-refractivity contribution in [3.63, 3.8) is 0 Å². The number of hydrogen-bond donors (Lipinski definition) is 1. The highest BCUT2D eigenvalue weighted by molar-refractivity contribution is 7.22. The molecule has 0 spiro atoms. The number of esters is 1. The number of para-hydroxylation sites is 1. The lowest BCUT2D eigenvalue weighted by Crippen LogP contribution is -2.41. The lowest BCUT2D eigenvalue weighted by atomic mass is 9.97. The zero-order valence-electron chi connectivity index (χ0n) is 13.7. The molecule has 1 aromatic heterocycles. The largest absolute Gasteiger partial charge is 0.466 e. The van der Waals surface area contributed by atoms with Crippen LogP contribution in [0.15, 0.2) is 24.3 Å². The lowest BCUT2D eigenvalue weighted by Gasteiger charge is -2.30. The fraction of sp³-hybridized carbons (Fsp3) is 0.471. The van der Waals surface area contributed by atoms with Gasteiger partial charge in [-0.15, -0.1) is 0 Å². The van der Waals surface area contributed by atoms with E-state index >= 15 is 0 Å². The van der Waals surface area contributed by atoms with Gasteiger partial charge in [0.25, 0.3) is 0 Å². The number of carbonyl (C=O) groups excluding carboxylic acids is 2. The van der Waals surface area contributed by atoms with Crippen LogP contribution < -0.4 is 5.32 Å². The van der Waals surface area contributed by atoms with Crippen molar-refractivity contribution >= 4 is 38.6 Å². The van der Waals surface area contributed by atoms with E-state index in [2.05, 4.69) is 15.2 Å². The van der Waals surface area contributed by atoms with E-state index in [1.165, 1.54) is 11.3 Å². The van der Waals surface area contributed by atoms with Crippen LogP contribution in [-0.4, -0.2) is 48.0 Å². The number of rotatable bonds is 5. The number of nitrogens with one attached hydrogen (secondary N) is 1. The van der Waals surface area contributed by atoms with Crippen LogP contribution in [0, 0.1) is 5.92 Å². The Bertz CT molecular complexity index is 690. The Balaban J connectivity index is 1.48. The van der Waals surface area contributed by atoms with Crippen molar-refractivity contribution in [1.29, 1.82) is 0 Å². The fourth-order valence-corrected chi connectivity index (χ4v) is 3.76. The highest BCUT2D eigenvalue weighted by Crippen LogP contribution is 2.25. The quantitative estimate of drug-likeness (QED) is 0.842. The Morgan fingerprint density at radius 3 is 2.79 bits per heavy atom. The van der Waals surface area contributed by atoms with E-state index in [0.29, 0.717) is 18.3 Å². The van der Waals surface area contributed by atoms with Gasteiger partial charge in [-0.25, -0.2) is 4.98 Å². The number of fused-ring (bicyclic) bond motifs is 1. The maximum absolute atomic E-state index is 12.2. The van der Waals surface area contributed by atoms with Gasteiger partial charge in [0, 0.05) is 0 Å². The zero-order chi connectivity index (χ0) is 16.9. The molecular formula is C17H21N3O3S. The average Bonchev–Trinajstić information content (AvgIpc) is 2.97. The van der Waals surface area contributed by atoms with Crippen LogP contribution in [0.4, 0.5) is 5.13 Å². The highest BCUT2D eigenvalue weighted by atomic mass is 32.1. The van der Waals surface area contributed by atoms with Crippen molar-refractivity contribution in [3.05, 3.63) is 24.3 Å². The van der Waals surface area contributed by atoms with E-state index < -0.39 is 0 Å². The van der Waals surface area contributed by atoms with Crippen molar-refractivity contribution in [2.24, 2.45) is 5.92 Å². The molecule has 0 unspecified atom stereocenters. The van der Waals surface area contributed by atoms with E-state index in [-0.39, 0.29) is 17.8 Å². The molecular weight excluding hydrogens is 326 g/mol. The first-order valence-electron chi connectivity index (χ1n) is 8.20.